The summed E-state index contributed by atoms with van der Waals surface area (Å²) >= 11 is 0. The van der Waals surface area contributed by atoms with Crippen molar-refractivity contribution in [1.29, 1.82) is 0 Å². The molecule has 3 nitrogen and oxygen atoms in total. The molecule has 0 radical (unpaired) electrons. The molecule has 0 atom stereocenters. The van der Waals surface area contributed by atoms with Gasteiger partial charge in [-0.3, -0.25) is 14.2 Å². The Bertz CT molecular complexity index is 373. The molecular formula is C12H20N2O. The molecule has 0 saturated carbocycles. The minimum absolute atomic E-state index is 0.102. The zero-order chi connectivity index (χ0) is 11.3. The van der Waals surface area contributed by atoms with Gasteiger partial charge in [0.15, 0.2) is 0 Å². The predicted molar refractivity (Wildman–Crippen MR) is 63.2 cm³/mol. The van der Waals surface area contributed by atoms with Gasteiger partial charge in [-0.15, -0.1) is 6.58 Å². The fraction of sp³-hybridized carbons (Fsp3) is 0.583. The number of unbranched alkanes of at least 4 members (excludes halogenated alkanes) is 2. The van der Waals surface area contributed by atoms with Gasteiger partial charge in [0.2, 0.25) is 0 Å². The van der Waals surface area contributed by atoms with Crippen molar-refractivity contribution in [3.8, 4) is 0 Å². The molecule has 84 valence electrons. The number of hydrogen-bond donors (Lipinski definition) is 0. The van der Waals surface area contributed by atoms with Crippen LogP contribution in [0.3, 0.4) is 0 Å². The second-order valence-electron chi connectivity index (χ2n) is 3.82. The van der Waals surface area contributed by atoms with E-state index in [2.05, 4.69) is 13.5 Å². The van der Waals surface area contributed by atoms with E-state index in [-0.39, 0.29) is 5.56 Å². The molecule has 0 N–H and O–H groups in total. The molecule has 0 aromatic carbocycles. The molecule has 15 heavy (non-hydrogen) atoms. The summed E-state index contributed by atoms with van der Waals surface area (Å²) < 4.78 is 3.80. The van der Waals surface area contributed by atoms with E-state index in [1.165, 1.54) is 12.8 Å². The first-order valence-electron chi connectivity index (χ1n) is 5.58. The Morgan fingerprint density at radius 3 is 2.73 bits per heavy atom. The number of aryl methyl sites for hydroxylation is 1. The Morgan fingerprint density at radius 2 is 2.13 bits per heavy atom. The van der Waals surface area contributed by atoms with Crippen molar-refractivity contribution in [2.75, 3.05) is 0 Å². The summed E-state index contributed by atoms with van der Waals surface area (Å²) in [5, 5.41) is 0. The zero-order valence-corrected chi connectivity index (χ0v) is 9.70. The number of rotatable bonds is 6. The summed E-state index contributed by atoms with van der Waals surface area (Å²) in [7, 11) is 0. The number of nitrogens with zero attached hydrogens (tertiary/aromatic N) is 2. The lowest BCUT2D eigenvalue weighted by atomic mass is 10.2. The number of hydrogen-bond acceptors (Lipinski definition) is 1. The van der Waals surface area contributed by atoms with Gasteiger partial charge in [0.1, 0.15) is 0 Å². The van der Waals surface area contributed by atoms with Crippen molar-refractivity contribution >= 4 is 0 Å². The van der Waals surface area contributed by atoms with E-state index in [9.17, 15) is 4.79 Å². The van der Waals surface area contributed by atoms with Crippen LogP contribution in [0.25, 0.3) is 0 Å². The molecule has 0 bridgehead atoms. The maximum absolute atomic E-state index is 11.6. The molecule has 1 heterocycles. The van der Waals surface area contributed by atoms with Crippen LogP contribution in [0, 0.1) is 6.92 Å². The van der Waals surface area contributed by atoms with Gasteiger partial charge in [-0.2, -0.15) is 0 Å². The summed E-state index contributed by atoms with van der Waals surface area (Å²) in [6, 6.07) is 1.69. The lowest BCUT2D eigenvalue weighted by molar-refractivity contribution is 0.443. The molecule has 0 aliphatic rings. The highest BCUT2D eigenvalue weighted by atomic mass is 16.1. The van der Waals surface area contributed by atoms with Crippen molar-refractivity contribution in [3.05, 3.63) is 34.8 Å². The van der Waals surface area contributed by atoms with E-state index < -0.39 is 0 Å². The van der Waals surface area contributed by atoms with E-state index in [0.717, 1.165) is 18.7 Å². The highest BCUT2D eigenvalue weighted by Crippen LogP contribution is 2.01. The van der Waals surface area contributed by atoms with E-state index in [1.54, 1.807) is 6.07 Å². The van der Waals surface area contributed by atoms with Crippen LogP contribution in [0.2, 0.25) is 0 Å². The first kappa shape index (κ1) is 11.8. The predicted octanol–water partition coefficient (Wildman–Crippen LogP) is 2.33. The van der Waals surface area contributed by atoms with Crippen molar-refractivity contribution in [3.63, 3.8) is 0 Å². The highest BCUT2D eigenvalue weighted by molar-refractivity contribution is 5.00. The van der Waals surface area contributed by atoms with Crippen LogP contribution in [0.4, 0.5) is 0 Å². The van der Waals surface area contributed by atoms with E-state index >= 15 is 0 Å². The largest absolute Gasteiger partial charge is 0.283 e. The minimum Gasteiger partial charge on any atom is -0.283 e. The SMILES string of the molecule is C=CCn1c(C)cc(=O)n1CCCCC. The normalized spacial score (nSPS) is 10.5. The van der Waals surface area contributed by atoms with Gasteiger partial charge in [-0.05, 0) is 13.3 Å². The molecule has 1 aromatic rings. The molecular weight excluding hydrogens is 188 g/mol. The summed E-state index contributed by atoms with van der Waals surface area (Å²) in [6.07, 6.45) is 5.24. The molecule has 1 rings (SSSR count). The summed E-state index contributed by atoms with van der Waals surface area (Å²) in [5.74, 6) is 0. The van der Waals surface area contributed by atoms with Crippen LogP contribution < -0.4 is 5.56 Å². The molecule has 0 aliphatic carbocycles. The smallest absolute Gasteiger partial charge is 0.266 e. The fourth-order valence-electron chi connectivity index (χ4n) is 1.74. The molecule has 0 saturated heterocycles. The van der Waals surface area contributed by atoms with Gasteiger partial charge in [0.05, 0.1) is 6.54 Å². The standard InChI is InChI=1S/C12H20N2O/c1-4-6-7-9-14-12(15)10-11(3)13(14)8-5-2/h5,10H,2,4,6-9H2,1,3H3. The van der Waals surface area contributed by atoms with Gasteiger partial charge >= 0.3 is 0 Å². The first-order chi connectivity index (χ1) is 7.20. The van der Waals surface area contributed by atoms with Gasteiger partial charge in [0, 0.05) is 18.3 Å². The van der Waals surface area contributed by atoms with Crippen LogP contribution in [-0.2, 0) is 13.1 Å². The van der Waals surface area contributed by atoms with Crippen LogP contribution in [-0.4, -0.2) is 9.36 Å². The maximum Gasteiger partial charge on any atom is 0.266 e. The van der Waals surface area contributed by atoms with Gasteiger partial charge in [-0.1, -0.05) is 25.8 Å². The fourth-order valence-corrected chi connectivity index (χ4v) is 1.74. The van der Waals surface area contributed by atoms with E-state index in [4.69, 9.17) is 0 Å². The quantitative estimate of drug-likeness (QED) is 0.520. The van der Waals surface area contributed by atoms with Gasteiger partial charge in [-0.25, -0.2) is 0 Å². The third-order valence-electron chi connectivity index (χ3n) is 2.56. The molecule has 1 aromatic heterocycles. The average molecular weight is 208 g/mol. The number of aromatic nitrogens is 2. The molecule has 0 unspecified atom stereocenters. The second-order valence-corrected chi connectivity index (χ2v) is 3.82. The third kappa shape index (κ3) is 2.85. The third-order valence-corrected chi connectivity index (χ3v) is 2.56. The second kappa shape index (κ2) is 5.59. The molecule has 0 fully saturated rings. The topological polar surface area (TPSA) is 26.9 Å². The molecule has 0 spiro atoms. The van der Waals surface area contributed by atoms with Crippen molar-refractivity contribution in [2.45, 2.75) is 46.2 Å². The number of allylic oxidation sites excluding steroid dienone is 1. The minimum atomic E-state index is 0.102. The van der Waals surface area contributed by atoms with Crippen molar-refractivity contribution in [2.24, 2.45) is 0 Å². The first-order valence-corrected chi connectivity index (χ1v) is 5.58. The van der Waals surface area contributed by atoms with Gasteiger partial charge in [0.25, 0.3) is 5.56 Å². The summed E-state index contributed by atoms with van der Waals surface area (Å²) in [4.78, 5) is 11.6. The summed E-state index contributed by atoms with van der Waals surface area (Å²) in [5.41, 5.74) is 1.11. The average Bonchev–Trinajstić information content (AvgIpc) is 2.45. The van der Waals surface area contributed by atoms with Crippen LogP contribution in [0.5, 0.6) is 0 Å². The summed E-state index contributed by atoms with van der Waals surface area (Å²) in [6.45, 7) is 9.35. The molecule has 3 heteroatoms. The lowest BCUT2D eigenvalue weighted by Crippen LogP contribution is -2.23. The Kier molecular flexibility index (Phi) is 4.40. The van der Waals surface area contributed by atoms with Crippen LogP contribution in [0.15, 0.2) is 23.5 Å². The van der Waals surface area contributed by atoms with Crippen LogP contribution >= 0.6 is 0 Å². The Balaban J connectivity index is 2.83. The molecule has 0 aliphatic heterocycles. The van der Waals surface area contributed by atoms with E-state index in [1.807, 2.05) is 22.4 Å². The van der Waals surface area contributed by atoms with Crippen LogP contribution in [0.1, 0.15) is 31.9 Å². The Hall–Kier alpha value is -1.25. The van der Waals surface area contributed by atoms with E-state index in [0.29, 0.717) is 6.54 Å². The highest BCUT2D eigenvalue weighted by Gasteiger charge is 2.05. The van der Waals surface area contributed by atoms with Crippen molar-refractivity contribution in [1.82, 2.24) is 9.36 Å². The molecule has 0 amide bonds. The lowest BCUT2D eigenvalue weighted by Gasteiger charge is -2.11. The Labute approximate surface area is 91.0 Å². The van der Waals surface area contributed by atoms with Gasteiger partial charge < -0.3 is 0 Å². The van der Waals surface area contributed by atoms with Crippen molar-refractivity contribution < 1.29 is 0 Å². The zero-order valence-electron chi connectivity index (χ0n) is 9.70. The monoisotopic (exact) mass is 208 g/mol. The Morgan fingerprint density at radius 1 is 1.40 bits per heavy atom. The maximum atomic E-state index is 11.6.